The molecule has 4 aromatic rings. The Morgan fingerprint density at radius 1 is 0.963 bits per heavy atom. The number of rotatable bonds is 6. The summed E-state index contributed by atoms with van der Waals surface area (Å²) in [5, 5.41) is 3.52. The number of nitrogens with one attached hydrogen (secondary N) is 1. The molecular weight excluding hydrogens is 712 g/mol. The average Bonchev–Trinajstić information content (AvgIpc) is 3.84. The Kier molecular flexibility index (Phi) is 9.10. The van der Waals surface area contributed by atoms with Crippen LogP contribution in [0.25, 0.3) is 32.4 Å². The lowest BCUT2D eigenvalue weighted by atomic mass is 9.95. The molecule has 8 rings (SSSR count). The molecule has 4 aliphatic rings. The number of thiazole rings is 1. The molecule has 0 saturated carbocycles. The number of amides is 2. The zero-order valence-electron chi connectivity index (χ0n) is 32.1. The van der Waals surface area contributed by atoms with E-state index in [2.05, 4.69) is 15.1 Å². The van der Waals surface area contributed by atoms with Gasteiger partial charge in [0.2, 0.25) is 0 Å². The summed E-state index contributed by atoms with van der Waals surface area (Å²) in [4.78, 5) is 51.5. The first-order valence-corrected chi connectivity index (χ1v) is 19.8. The van der Waals surface area contributed by atoms with Crippen molar-refractivity contribution >= 4 is 55.6 Å². The van der Waals surface area contributed by atoms with Crippen molar-refractivity contribution in [3.05, 3.63) is 29.7 Å². The van der Waals surface area contributed by atoms with Gasteiger partial charge in [-0.15, -0.1) is 0 Å². The lowest BCUT2D eigenvalue weighted by molar-refractivity contribution is 0.0122. The van der Waals surface area contributed by atoms with E-state index in [9.17, 15) is 9.59 Å². The molecule has 3 aromatic heterocycles. The molecule has 288 valence electrons. The van der Waals surface area contributed by atoms with Crippen LogP contribution in [-0.4, -0.2) is 104 Å². The summed E-state index contributed by atoms with van der Waals surface area (Å²) in [6.07, 6.45) is 6.72. The van der Waals surface area contributed by atoms with Gasteiger partial charge in [-0.1, -0.05) is 17.4 Å². The van der Waals surface area contributed by atoms with E-state index in [4.69, 9.17) is 34.1 Å². The zero-order valence-corrected chi connectivity index (χ0v) is 32.9. The normalized spacial score (nSPS) is 21.2. The minimum absolute atomic E-state index is 0.0546. The molecule has 2 amide bonds. The lowest BCUT2D eigenvalue weighted by Crippen LogP contribution is -2.57. The first-order valence-electron chi connectivity index (χ1n) is 19.0. The van der Waals surface area contributed by atoms with Crippen LogP contribution in [-0.2, 0) is 9.47 Å². The Hall–Kier alpha value is -4.37. The highest BCUT2D eigenvalue weighted by Crippen LogP contribution is 2.42. The number of pyridine rings is 1. The van der Waals surface area contributed by atoms with Gasteiger partial charge in [0.15, 0.2) is 10.9 Å². The molecule has 4 fully saturated rings. The molecule has 1 aromatic carbocycles. The van der Waals surface area contributed by atoms with E-state index >= 15 is 4.39 Å². The van der Waals surface area contributed by atoms with Crippen LogP contribution in [0.4, 0.5) is 24.9 Å². The second-order valence-corrected chi connectivity index (χ2v) is 18.2. The SMILES string of the molecule is Cc1ccc2sc(NC(=O)OC(C)(C)C)nc2c1-c1ncc2c(N3C[C@H]4CC[C@@H](C3)N4C(=O)OC(C)(C)C)nc(OCC34CCCN3CCC4)nc2c1F. The molecule has 13 nitrogen and oxygen atoms in total. The molecule has 0 aliphatic carbocycles. The summed E-state index contributed by atoms with van der Waals surface area (Å²) in [5.74, 6) is -0.0727. The van der Waals surface area contributed by atoms with E-state index in [0.29, 0.717) is 47.1 Å². The zero-order chi connectivity index (χ0) is 38.2. The minimum Gasteiger partial charge on any atom is -0.461 e. The maximum atomic E-state index is 17.2. The predicted molar refractivity (Wildman–Crippen MR) is 206 cm³/mol. The molecule has 4 saturated heterocycles. The van der Waals surface area contributed by atoms with E-state index in [1.807, 2.05) is 44.7 Å². The van der Waals surface area contributed by atoms with Crippen LogP contribution in [0.5, 0.6) is 6.01 Å². The highest BCUT2D eigenvalue weighted by molar-refractivity contribution is 7.22. The standard InChI is InChI=1S/C39H49FN8O5S/c1-22-10-13-26-30(43-34(54-26)45-35(49)52-37(2,3)4)27(22)31-28(40)29-25(18-41-31)32(44-33(42-29)51-21-39-14-8-16-47(39)17-9-15-39)46-19-23-11-12-24(20-46)48(23)36(50)53-38(5,6)7/h10,13,18,23-24H,8-9,11-12,14-17,19-21H2,1-7H3,(H,43,45,49)/t23-,24+. The molecule has 7 heterocycles. The largest absolute Gasteiger partial charge is 0.461 e. The van der Waals surface area contributed by atoms with Crippen molar-refractivity contribution in [2.24, 2.45) is 0 Å². The topological polar surface area (TPSA) is 135 Å². The van der Waals surface area contributed by atoms with E-state index < -0.39 is 23.1 Å². The molecular formula is C39H49FN8O5S. The molecule has 0 unspecified atom stereocenters. The van der Waals surface area contributed by atoms with Crippen molar-refractivity contribution in [3.63, 3.8) is 0 Å². The van der Waals surface area contributed by atoms with Gasteiger partial charge in [-0.2, -0.15) is 9.97 Å². The van der Waals surface area contributed by atoms with Crippen LogP contribution in [0.3, 0.4) is 0 Å². The highest BCUT2D eigenvalue weighted by Gasteiger charge is 2.46. The fourth-order valence-electron chi connectivity index (χ4n) is 8.69. The number of carbonyl (C=O) groups is 2. The second-order valence-electron chi connectivity index (χ2n) is 17.1. The van der Waals surface area contributed by atoms with E-state index in [1.54, 1.807) is 27.0 Å². The van der Waals surface area contributed by atoms with Crippen molar-refractivity contribution in [2.75, 3.05) is 43.0 Å². The smallest absolute Gasteiger partial charge is 0.413 e. The number of anilines is 2. The summed E-state index contributed by atoms with van der Waals surface area (Å²) in [6, 6.07) is 3.76. The number of aryl methyl sites for hydroxylation is 1. The van der Waals surface area contributed by atoms with Crippen LogP contribution in [0.1, 0.15) is 85.6 Å². The number of aromatic nitrogens is 4. The van der Waals surface area contributed by atoms with E-state index in [-0.39, 0.29) is 40.9 Å². The highest BCUT2D eigenvalue weighted by atomic mass is 32.1. The van der Waals surface area contributed by atoms with Crippen molar-refractivity contribution in [1.82, 2.24) is 29.7 Å². The van der Waals surface area contributed by atoms with Crippen molar-refractivity contribution in [2.45, 2.75) is 116 Å². The van der Waals surface area contributed by atoms with Crippen LogP contribution in [0.15, 0.2) is 18.3 Å². The molecule has 0 spiro atoms. The number of nitrogens with zero attached hydrogens (tertiary/aromatic N) is 7. The maximum absolute atomic E-state index is 17.2. The third kappa shape index (κ3) is 6.89. The number of carbonyl (C=O) groups excluding carboxylic acids is 2. The monoisotopic (exact) mass is 760 g/mol. The van der Waals surface area contributed by atoms with Gasteiger partial charge in [-0.05, 0) is 112 Å². The number of ether oxygens (including phenoxy) is 3. The number of halogens is 1. The number of fused-ring (bicyclic) bond motifs is 5. The lowest BCUT2D eigenvalue weighted by Gasteiger charge is -2.42. The first-order chi connectivity index (χ1) is 25.6. The Morgan fingerprint density at radius 2 is 1.65 bits per heavy atom. The van der Waals surface area contributed by atoms with Gasteiger partial charge < -0.3 is 19.1 Å². The second kappa shape index (κ2) is 13.4. The van der Waals surface area contributed by atoms with Crippen LogP contribution in [0, 0.1) is 12.7 Å². The number of benzene rings is 1. The fraction of sp³-hybridized carbons (Fsp3) is 0.590. The first kappa shape index (κ1) is 36.6. The van der Waals surface area contributed by atoms with Crippen molar-refractivity contribution in [3.8, 4) is 17.3 Å². The average molecular weight is 761 g/mol. The quantitative estimate of drug-likeness (QED) is 0.207. The number of hydrogen-bond acceptors (Lipinski definition) is 12. The molecule has 0 radical (unpaired) electrons. The Balaban J connectivity index is 1.18. The van der Waals surface area contributed by atoms with Gasteiger partial charge in [-0.25, -0.2) is 19.0 Å². The van der Waals surface area contributed by atoms with Gasteiger partial charge in [-0.3, -0.25) is 20.1 Å². The third-order valence-corrected chi connectivity index (χ3v) is 11.9. The summed E-state index contributed by atoms with van der Waals surface area (Å²) < 4.78 is 35.6. The summed E-state index contributed by atoms with van der Waals surface area (Å²) >= 11 is 1.27. The van der Waals surface area contributed by atoms with Crippen molar-refractivity contribution < 1.29 is 28.2 Å². The number of hydrogen-bond donors (Lipinski definition) is 1. The van der Waals surface area contributed by atoms with Gasteiger partial charge in [0.1, 0.15) is 34.8 Å². The molecule has 54 heavy (non-hydrogen) atoms. The van der Waals surface area contributed by atoms with Crippen LogP contribution < -0.4 is 15.0 Å². The van der Waals surface area contributed by atoms with Crippen LogP contribution in [0.2, 0.25) is 0 Å². The summed E-state index contributed by atoms with van der Waals surface area (Å²) in [6.45, 7) is 16.4. The molecule has 2 atom stereocenters. The van der Waals surface area contributed by atoms with Crippen LogP contribution >= 0.6 is 11.3 Å². The number of piperazine rings is 1. The van der Waals surface area contributed by atoms with Gasteiger partial charge in [0.25, 0.3) is 0 Å². The molecule has 15 heteroatoms. The fourth-order valence-corrected chi connectivity index (χ4v) is 9.55. The maximum Gasteiger partial charge on any atom is 0.413 e. The van der Waals surface area contributed by atoms with Gasteiger partial charge in [0.05, 0.1) is 33.2 Å². The summed E-state index contributed by atoms with van der Waals surface area (Å²) in [7, 11) is 0. The predicted octanol–water partition coefficient (Wildman–Crippen LogP) is 7.69. The van der Waals surface area contributed by atoms with Gasteiger partial charge >= 0.3 is 18.2 Å². The Bertz CT molecular complexity index is 2110. The van der Waals surface area contributed by atoms with E-state index in [0.717, 1.165) is 61.9 Å². The molecule has 2 bridgehead atoms. The third-order valence-electron chi connectivity index (χ3n) is 10.9. The Labute approximate surface area is 318 Å². The summed E-state index contributed by atoms with van der Waals surface area (Å²) in [5.41, 5.74) is 0.662. The van der Waals surface area contributed by atoms with Gasteiger partial charge in [0, 0.05) is 24.8 Å². The van der Waals surface area contributed by atoms with Crippen molar-refractivity contribution in [1.29, 1.82) is 0 Å². The minimum atomic E-state index is -0.678. The van der Waals surface area contributed by atoms with E-state index in [1.165, 1.54) is 11.3 Å². The Morgan fingerprint density at radius 3 is 2.31 bits per heavy atom. The molecule has 1 N–H and O–H groups in total. The molecule has 4 aliphatic heterocycles.